The van der Waals surface area contributed by atoms with Gasteiger partial charge in [-0.05, 0) is 67.3 Å². The molecule has 7 nitrogen and oxygen atoms in total. The highest BCUT2D eigenvalue weighted by molar-refractivity contribution is 6.34. The zero-order valence-electron chi connectivity index (χ0n) is 22.0. The molecule has 10 heteroatoms. The predicted molar refractivity (Wildman–Crippen MR) is 152 cm³/mol. The fraction of sp³-hybridized carbons (Fsp3) is 0.333. The second-order valence-corrected chi connectivity index (χ2v) is 11.0. The standard InChI is InChI=1S/C30H29Cl2FN2O5/c1-39-21-5-2-19(3-6-21)17-35-27(36)11-7-22-26(10-8-23(32)28(22)35)40-18-30(29(37)38)12-14-34(15-13-30)25-9-4-20(31)16-24(25)33/h2-6,8-10,16H,7,11-15,17-18H2,1H3,(H,37,38). The van der Waals surface area contributed by atoms with Gasteiger partial charge in [0.15, 0.2) is 0 Å². The van der Waals surface area contributed by atoms with Gasteiger partial charge in [-0.3, -0.25) is 9.59 Å². The van der Waals surface area contributed by atoms with E-state index in [0.717, 1.165) is 16.9 Å². The lowest BCUT2D eigenvalue weighted by atomic mass is 9.79. The number of piperidine rings is 1. The lowest BCUT2D eigenvalue weighted by molar-refractivity contribution is -0.152. The van der Waals surface area contributed by atoms with Gasteiger partial charge in [0.25, 0.3) is 0 Å². The summed E-state index contributed by atoms with van der Waals surface area (Å²) in [4.78, 5) is 28.9. The molecule has 0 radical (unpaired) electrons. The first-order valence-electron chi connectivity index (χ1n) is 13.0. The molecule has 3 aromatic carbocycles. The van der Waals surface area contributed by atoms with Gasteiger partial charge in [0.05, 0.1) is 30.1 Å². The summed E-state index contributed by atoms with van der Waals surface area (Å²) < 4.78 is 25.9. The van der Waals surface area contributed by atoms with Crippen LogP contribution in [0.1, 0.15) is 30.4 Å². The fourth-order valence-electron chi connectivity index (χ4n) is 5.38. The van der Waals surface area contributed by atoms with Crippen molar-refractivity contribution in [3.05, 3.63) is 81.6 Å². The van der Waals surface area contributed by atoms with Gasteiger partial charge in [0.2, 0.25) is 5.91 Å². The van der Waals surface area contributed by atoms with Gasteiger partial charge in [-0.25, -0.2) is 4.39 Å². The van der Waals surface area contributed by atoms with Gasteiger partial charge < -0.3 is 24.4 Å². The molecule has 1 saturated heterocycles. The van der Waals surface area contributed by atoms with Crippen LogP contribution in [-0.2, 0) is 22.6 Å². The predicted octanol–water partition coefficient (Wildman–Crippen LogP) is 6.37. The number of carbonyl (C=O) groups excluding carboxylic acids is 1. The molecule has 0 spiro atoms. The Morgan fingerprint density at radius 3 is 2.42 bits per heavy atom. The number of aliphatic carboxylic acids is 1. The van der Waals surface area contributed by atoms with Gasteiger partial charge in [0, 0.05) is 30.1 Å². The summed E-state index contributed by atoms with van der Waals surface area (Å²) in [6, 6.07) is 15.4. The third-order valence-electron chi connectivity index (χ3n) is 7.78. The maximum atomic E-state index is 14.5. The minimum Gasteiger partial charge on any atom is -0.497 e. The van der Waals surface area contributed by atoms with E-state index >= 15 is 0 Å². The molecule has 0 saturated carbocycles. The minimum absolute atomic E-state index is 0.0498. The largest absolute Gasteiger partial charge is 0.497 e. The van der Waals surface area contributed by atoms with E-state index in [2.05, 4.69) is 0 Å². The van der Waals surface area contributed by atoms with E-state index in [-0.39, 0.29) is 31.8 Å². The second kappa shape index (κ2) is 11.6. The van der Waals surface area contributed by atoms with Crippen LogP contribution < -0.4 is 19.3 Å². The zero-order chi connectivity index (χ0) is 28.4. The maximum absolute atomic E-state index is 14.5. The van der Waals surface area contributed by atoms with E-state index in [4.69, 9.17) is 32.7 Å². The fourth-order valence-corrected chi connectivity index (χ4v) is 5.82. The molecule has 3 aromatic rings. The Morgan fingerprint density at radius 1 is 1.05 bits per heavy atom. The van der Waals surface area contributed by atoms with Crippen LogP contribution in [0, 0.1) is 11.2 Å². The molecule has 210 valence electrons. The third-order valence-corrected chi connectivity index (χ3v) is 8.32. The molecule has 1 fully saturated rings. The Labute approximate surface area is 242 Å². The van der Waals surface area contributed by atoms with Crippen LogP contribution >= 0.6 is 23.2 Å². The molecule has 0 aromatic heterocycles. The topological polar surface area (TPSA) is 79.3 Å². The molecule has 0 atom stereocenters. The molecule has 5 rings (SSSR count). The van der Waals surface area contributed by atoms with Crippen molar-refractivity contribution in [3.63, 3.8) is 0 Å². The van der Waals surface area contributed by atoms with E-state index < -0.39 is 17.2 Å². The van der Waals surface area contributed by atoms with Crippen molar-refractivity contribution in [1.29, 1.82) is 0 Å². The molecule has 0 aliphatic carbocycles. The number of anilines is 2. The minimum atomic E-state index is -1.14. The van der Waals surface area contributed by atoms with E-state index in [1.807, 2.05) is 29.2 Å². The number of carboxylic acid groups (broad SMARTS) is 1. The second-order valence-electron chi connectivity index (χ2n) is 10.2. The van der Waals surface area contributed by atoms with Gasteiger partial charge >= 0.3 is 5.97 Å². The average Bonchev–Trinajstić information content (AvgIpc) is 2.95. The summed E-state index contributed by atoms with van der Waals surface area (Å²) >= 11 is 12.5. The van der Waals surface area contributed by atoms with Crippen LogP contribution in [0.3, 0.4) is 0 Å². The number of halogens is 3. The molecule has 0 bridgehead atoms. The summed E-state index contributed by atoms with van der Waals surface area (Å²) in [5.74, 6) is -0.208. The Morgan fingerprint density at radius 2 is 1.77 bits per heavy atom. The Hall–Kier alpha value is -3.49. The number of carboxylic acids is 1. The SMILES string of the molecule is COc1ccc(CN2C(=O)CCc3c(OCC4(C(=O)O)CCN(c5ccc(Cl)cc5F)CC4)ccc(Cl)c32)cc1. The van der Waals surface area contributed by atoms with E-state index in [1.54, 1.807) is 36.3 Å². The first kappa shape index (κ1) is 28.1. The number of fused-ring (bicyclic) bond motifs is 1. The molecular formula is C30H29Cl2FN2O5. The number of carbonyl (C=O) groups is 2. The first-order chi connectivity index (χ1) is 19.2. The third kappa shape index (κ3) is 5.56. The highest BCUT2D eigenvalue weighted by Gasteiger charge is 2.43. The van der Waals surface area contributed by atoms with Crippen LogP contribution in [0.15, 0.2) is 54.6 Å². The monoisotopic (exact) mass is 586 g/mol. The molecule has 0 unspecified atom stereocenters. The van der Waals surface area contributed by atoms with Crippen molar-refractivity contribution < 1.29 is 28.6 Å². The summed E-state index contributed by atoms with van der Waals surface area (Å²) in [6.07, 6.45) is 1.28. The van der Waals surface area contributed by atoms with Crippen molar-refractivity contribution in [2.45, 2.75) is 32.2 Å². The van der Waals surface area contributed by atoms with E-state index in [1.165, 1.54) is 6.07 Å². The van der Waals surface area contributed by atoms with Gasteiger partial charge in [-0.1, -0.05) is 35.3 Å². The van der Waals surface area contributed by atoms with E-state index in [0.29, 0.717) is 53.2 Å². The molecule has 40 heavy (non-hydrogen) atoms. The van der Waals surface area contributed by atoms with Gasteiger partial charge in [-0.2, -0.15) is 0 Å². The van der Waals surface area contributed by atoms with E-state index in [9.17, 15) is 19.1 Å². The molecule has 2 aliphatic heterocycles. The number of hydrogen-bond donors (Lipinski definition) is 1. The highest BCUT2D eigenvalue weighted by atomic mass is 35.5. The van der Waals surface area contributed by atoms with Crippen LogP contribution in [0.25, 0.3) is 0 Å². The van der Waals surface area contributed by atoms with Crippen molar-refractivity contribution in [1.82, 2.24) is 0 Å². The zero-order valence-corrected chi connectivity index (χ0v) is 23.5. The van der Waals surface area contributed by atoms with Crippen molar-refractivity contribution in [2.75, 3.05) is 36.6 Å². The van der Waals surface area contributed by atoms with Gasteiger partial charge in [0.1, 0.15) is 29.3 Å². The Balaban J connectivity index is 1.34. The normalized spacial score (nSPS) is 16.4. The number of hydrogen-bond acceptors (Lipinski definition) is 5. The maximum Gasteiger partial charge on any atom is 0.313 e. The molecule has 1 N–H and O–H groups in total. The molecular weight excluding hydrogens is 558 g/mol. The highest BCUT2D eigenvalue weighted by Crippen LogP contribution is 2.43. The van der Waals surface area contributed by atoms with Crippen LogP contribution in [0.2, 0.25) is 10.0 Å². The van der Waals surface area contributed by atoms with Crippen LogP contribution in [0.5, 0.6) is 11.5 Å². The van der Waals surface area contributed by atoms with Crippen molar-refractivity contribution in [3.8, 4) is 11.5 Å². The quantitative estimate of drug-likeness (QED) is 0.330. The average molecular weight is 587 g/mol. The number of methoxy groups -OCH3 is 1. The van der Waals surface area contributed by atoms with Crippen LogP contribution in [-0.4, -0.2) is 43.8 Å². The Bertz CT molecular complexity index is 1420. The van der Waals surface area contributed by atoms with Gasteiger partial charge in [-0.15, -0.1) is 0 Å². The summed E-state index contributed by atoms with van der Waals surface area (Å²) in [7, 11) is 1.60. The first-order valence-corrected chi connectivity index (χ1v) is 13.8. The summed E-state index contributed by atoms with van der Waals surface area (Å²) in [6.45, 7) is 0.989. The van der Waals surface area contributed by atoms with Crippen LogP contribution in [0.4, 0.5) is 15.8 Å². The molecule has 2 aliphatic rings. The van der Waals surface area contributed by atoms with Crippen molar-refractivity contribution >= 4 is 46.5 Å². The summed E-state index contributed by atoms with van der Waals surface area (Å²) in [5, 5.41) is 10.9. The smallest absolute Gasteiger partial charge is 0.313 e. The molecule has 1 amide bonds. The number of amides is 1. The summed E-state index contributed by atoms with van der Waals surface area (Å²) in [5.41, 5.74) is 1.54. The molecule has 2 heterocycles. The Kier molecular flexibility index (Phi) is 8.10. The number of rotatable bonds is 8. The lowest BCUT2D eigenvalue weighted by Gasteiger charge is -2.40. The lowest BCUT2D eigenvalue weighted by Crippen LogP contribution is -2.48. The number of benzene rings is 3. The van der Waals surface area contributed by atoms with Crippen molar-refractivity contribution in [2.24, 2.45) is 5.41 Å². The number of ether oxygens (including phenoxy) is 2. The number of nitrogens with zero attached hydrogens (tertiary/aromatic N) is 2.